The van der Waals surface area contributed by atoms with Crippen molar-refractivity contribution in [1.29, 1.82) is 0 Å². The maximum absolute atomic E-state index is 12.1. The first-order chi connectivity index (χ1) is 10.9. The number of nitrogens with one attached hydrogen (secondary N) is 1. The molecule has 1 atom stereocenters. The van der Waals surface area contributed by atoms with Crippen LogP contribution in [-0.2, 0) is 11.2 Å². The quantitative estimate of drug-likeness (QED) is 0.841. The Hall–Kier alpha value is -2.02. The van der Waals surface area contributed by atoms with E-state index in [2.05, 4.69) is 15.5 Å². The first-order valence-electron chi connectivity index (χ1n) is 7.28. The summed E-state index contributed by atoms with van der Waals surface area (Å²) in [6.45, 7) is 5.45. The molecule has 1 aromatic heterocycles. The number of amides is 1. The number of aromatic nitrogens is 2. The van der Waals surface area contributed by atoms with Gasteiger partial charge in [0.15, 0.2) is 0 Å². The molecule has 1 aromatic carbocycles. The third-order valence-corrected chi connectivity index (χ3v) is 3.38. The third kappa shape index (κ3) is 5.59. The number of benzene rings is 1. The van der Waals surface area contributed by atoms with Crippen LogP contribution in [0.25, 0.3) is 0 Å². The molecule has 6 nitrogen and oxygen atoms in total. The zero-order valence-corrected chi connectivity index (χ0v) is 14.5. The molecule has 0 spiro atoms. The summed E-state index contributed by atoms with van der Waals surface area (Å²) in [6.07, 6.45) is 1.88. The van der Waals surface area contributed by atoms with E-state index >= 15 is 0 Å². The number of ether oxygens (including phenoxy) is 1. The van der Waals surface area contributed by atoms with Crippen molar-refractivity contribution in [3.8, 4) is 0 Å². The van der Waals surface area contributed by atoms with Gasteiger partial charge in [0, 0.05) is 6.42 Å². The molecule has 0 saturated carbocycles. The van der Waals surface area contributed by atoms with E-state index in [0.717, 1.165) is 5.56 Å². The van der Waals surface area contributed by atoms with Crippen LogP contribution in [0.15, 0.2) is 40.0 Å². The lowest BCUT2D eigenvalue weighted by Crippen LogP contribution is -2.36. The Morgan fingerprint density at radius 3 is 2.57 bits per heavy atom. The summed E-state index contributed by atoms with van der Waals surface area (Å²) in [7, 11) is 0. The van der Waals surface area contributed by atoms with Gasteiger partial charge in [-0.15, -0.1) is 10.2 Å². The van der Waals surface area contributed by atoms with E-state index in [9.17, 15) is 4.79 Å². The van der Waals surface area contributed by atoms with Gasteiger partial charge in [-0.25, -0.2) is 4.79 Å². The molecule has 1 amide bonds. The molecule has 2 aromatic rings. The number of nitrogens with zero attached hydrogens (tertiary/aromatic N) is 2. The van der Waals surface area contributed by atoms with Crippen LogP contribution in [0.3, 0.4) is 0 Å². The molecule has 124 valence electrons. The summed E-state index contributed by atoms with van der Waals surface area (Å²) in [5.41, 5.74) is 0.484. The van der Waals surface area contributed by atoms with Crippen molar-refractivity contribution in [2.75, 3.05) is 6.26 Å². The molecule has 2 rings (SSSR count). The summed E-state index contributed by atoms with van der Waals surface area (Å²) in [4.78, 5) is 12.1. The fourth-order valence-corrected chi connectivity index (χ4v) is 2.23. The largest absolute Gasteiger partial charge is 0.444 e. The van der Waals surface area contributed by atoms with Crippen molar-refractivity contribution in [3.05, 3.63) is 41.8 Å². The van der Waals surface area contributed by atoms with Gasteiger partial charge in [-0.05, 0) is 32.6 Å². The molecule has 0 fully saturated rings. The number of carbonyl (C=O) groups excluding carboxylic acids is 1. The van der Waals surface area contributed by atoms with Gasteiger partial charge in [-0.2, -0.15) is 0 Å². The number of hydrogen-bond acceptors (Lipinski definition) is 6. The SMILES string of the molecule is CSc1nnc([C@H](Cc2ccccc2)NC(=O)OC(C)(C)C)o1. The Kier molecular flexibility index (Phi) is 5.65. The maximum atomic E-state index is 12.1. The minimum absolute atomic E-state index is 0.365. The Bertz CT molecular complexity index is 638. The van der Waals surface area contributed by atoms with Crippen LogP contribution < -0.4 is 5.32 Å². The van der Waals surface area contributed by atoms with Crippen molar-refractivity contribution in [2.24, 2.45) is 0 Å². The third-order valence-electron chi connectivity index (χ3n) is 2.87. The number of hydrogen-bond donors (Lipinski definition) is 1. The van der Waals surface area contributed by atoms with E-state index in [1.807, 2.05) is 57.4 Å². The highest BCUT2D eigenvalue weighted by atomic mass is 32.2. The molecule has 0 aliphatic rings. The zero-order valence-electron chi connectivity index (χ0n) is 13.7. The molecule has 0 aliphatic heterocycles. The van der Waals surface area contributed by atoms with E-state index in [0.29, 0.717) is 17.5 Å². The van der Waals surface area contributed by atoms with E-state index in [4.69, 9.17) is 9.15 Å². The summed E-state index contributed by atoms with van der Waals surface area (Å²) in [5, 5.41) is 11.2. The Morgan fingerprint density at radius 1 is 1.30 bits per heavy atom. The Labute approximate surface area is 140 Å². The first-order valence-corrected chi connectivity index (χ1v) is 8.50. The second-order valence-electron chi connectivity index (χ2n) is 6.00. The van der Waals surface area contributed by atoms with Crippen molar-refractivity contribution < 1.29 is 13.9 Å². The minimum atomic E-state index is -0.569. The molecular weight excluding hydrogens is 314 g/mol. The lowest BCUT2D eigenvalue weighted by molar-refractivity contribution is 0.0494. The Balaban J connectivity index is 2.15. The average molecular weight is 335 g/mol. The van der Waals surface area contributed by atoms with Crippen molar-refractivity contribution in [1.82, 2.24) is 15.5 Å². The molecular formula is C16H21N3O3S. The van der Waals surface area contributed by atoms with Crippen LogP contribution in [0.2, 0.25) is 0 Å². The number of alkyl carbamates (subject to hydrolysis) is 1. The second kappa shape index (κ2) is 7.50. The molecule has 7 heteroatoms. The first kappa shape index (κ1) is 17.3. The van der Waals surface area contributed by atoms with Crippen LogP contribution >= 0.6 is 11.8 Å². The highest BCUT2D eigenvalue weighted by molar-refractivity contribution is 7.98. The predicted octanol–water partition coefficient (Wildman–Crippen LogP) is 3.60. The molecule has 0 aliphatic carbocycles. The average Bonchev–Trinajstić information content (AvgIpc) is 2.94. The lowest BCUT2D eigenvalue weighted by atomic mass is 10.1. The lowest BCUT2D eigenvalue weighted by Gasteiger charge is -2.22. The van der Waals surface area contributed by atoms with Gasteiger partial charge in [0.1, 0.15) is 11.6 Å². The molecule has 1 N–H and O–H groups in total. The highest BCUT2D eigenvalue weighted by Gasteiger charge is 2.24. The number of carbonyl (C=O) groups is 1. The monoisotopic (exact) mass is 335 g/mol. The van der Waals surface area contributed by atoms with Gasteiger partial charge >= 0.3 is 6.09 Å². The summed E-state index contributed by atoms with van der Waals surface area (Å²) < 4.78 is 10.9. The summed E-state index contributed by atoms with van der Waals surface area (Å²) in [5.74, 6) is 0.365. The fraction of sp³-hybridized carbons (Fsp3) is 0.438. The molecule has 0 bridgehead atoms. The van der Waals surface area contributed by atoms with Crippen LogP contribution in [-0.4, -0.2) is 28.1 Å². The number of thioether (sulfide) groups is 1. The van der Waals surface area contributed by atoms with Gasteiger partial charge < -0.3 is 14.5 Å². The van der Waals surface area contributed by atoms with E-state index < -0.39 is 17.7 Å². The van der Waals surface area contributed by atoms with Gasteiger partial charge in [-0.1, -0.05) is 42.1 Å². The van der Waals surface area contributed by atoms with Crippen LogP contribution in [0.1, 0.15) is 38.3 Å². The Morgan fingerprint density at radius 2 is 2.00 bits per heavy atom. The van der Waals surface area contributed by atoms with Crippen LogP contribution in [0, 0.1) is 0 Å². The van der Waals surface area contributed by atoms with Crippen molar-refractivity contribution in [2.45, 2.75) is 44.1 Å². The smallest absolute Gasteiger partial charge is 0.408 e. The van der Waals surface area contributed by atoms with Gasteiger partial charge in [-0.3, -0.25) is 0 Å². The predicted molar refractivity (Wildman–Crippen MR) is 88.3 cm³/mol. The van der Waals surface area contributed by atoms with Gasteiger partial charge in [0.25, 0.3) is 5.22 Å². The van der Waals surface area contributed by atoms with Crippen molar-refractivity contribution in [3.63, 3.8) is 0 Å². The molecule has 1 heterocycles. The van der Waals surface area contributed by atoms with E-state index in [1.54, 1.807) is 0 Å². The standard InChI is InChI=1S/C16H21N3O3S/c1-16(2,3)22-14(20)17-12(10-11-8-6-5-7-9-11)13-18-19-15(21-13)23-4/h5-9,12H,10H2,1-4H3,(H,17,20)/t12-/m0/s1. The van der Waals surface area contributed by atoms with E-state index in [1.165, 1.54) is 11.8 Å². The maximum Gasteiger partial charge on any atom is 0.408 e. The topological polar surface area (TPSA) is 77.2 Å². The zero-order chi connectivity index (χ0) is 16.9. The summed E-state index contributed by atoms with van der Waals surface area (Å²) in [6, 6.07) is 9.35. The van der Waals surface area contributed by atoms with Gasteiger partial charge in [0.05, 0.1) is 0 Å². The molecule has 0 saturated heterocycles. The second-order valence-corrected chi connectivity index (χ2v) is 6.76. The molecule has 0 unspecified atom stereocenters. The molecule has 23 heavy (non-hydrogen) atoms. The summed E-state index contributed by atoms with van der Waals surface area (Å²) >= 11 is 1.36. The van der Waals surface area contributed by atoms with Crippen molar-refractivity contribution >= 4 is 17.9 Å². The minimum Gasteiger partial charge on any atom is -0.444 e. The highest BCUT2D eigenvalue weighted by Crippen LogP contribution is 2.21. The van der Waals surface area contributed by atoms with E-state index in [-0.39, 0.29) is 0 Å². The normalized spacial score (nSPS) is 12.7. The van der Waals surface area contributed by atoms with Crippen LogP contribution in [0.4, 0.5) is 4.79 Å². The molecule has 0 radical (unpaired) electrons. The fourth-order valence-electron chi connectivity index (χ4n) is 1.94. The van der Waals surface area contributed by atoms with Crippen LogP contribution in [0.5, 0.6) is 0 Å². The van der Waals surface area contributed by atoms with Gasteiger partial charge in [0.2, 0.25) is 5.89 Å². The number of rotatable bonds is 5.